The number of benzene rings is 2. The van der Waals surface area contributed by atoms with Crippen LogP contribution >= 0.6 is 0 Å². The number of nitrogens with zero attached hydrogens (tertiary/aromatic N) is 3. The van der Waals surface area contributed by atoms with Crippen molar-refractivity contribution in [2.24, 2.45) is 0 Å². The third-order valence-electron chi connectivity index (χ3n) is 4.30. The van der Waals surface area contributed by atoms with E-state index in [1.807, 2.05) is 56.0 Å². The van der Waals surface area contributed by atoms with Gasteiger partial charge in [0.15, 0.2) is 0 Å². The molecule has 0 saturated carbocycles. The molecule has 0 radical (unpaired) electrons. The number of para-hydroxylation sites is 2. The van der Waals surface area contributed by atoms with E-state index in [0.717, 1.165) is 16.9 Å². The number of methoxy groups -OCH3 is 1. The Morgan fingerprint density at radius 1 is 1.07 bits per heavy atom. The predicted octanol–water partition coefficient (Wildman–Crippen LogP) is 4.51. The number of hydrogen-bond acceptors (Lipinski definition) is 5. The van der Waals surface area contributed by atoms with Crippen molar-refractivity contribution < 1.29 is 9.53 Å². The molecule has 0 spiro atoms. The van der Waals surface area contributed by atoms with Crippen LogP contribution < -0.4 is 15.0 Å². The molecule has 1 heterocycles. The molecule has 2 aromatic carbocycles. The second-order valence-corrected chi connectivity index (χ2v) is 6.43. The molecule has 3 rings (SSSR count). The van der Waals surface area contributed by atoms with E-state index in [9.17, 15) is 4.79 Å². The molecule has 0 atom stereocenters. The normalized spacial score (nSPS) is 10.4. The van der Waals surface area contributed by atoms with E-state index < -0.39 is 0 Å². The number of aryl methyl sites for hydroxylation is 2. The van der Waals surface area contributed by atoms with Gasteiger partial charge >= 0.3 is 0 Å². The molecule has 0 bridgehead atoms. The van der Waals surface area contributed by atoms with Crippen LogP contribution in [0.1, 0.15) is 28.7 Å². The van der Waals surface area contributed by atoms with Crippen LogP contribution in [0.4, 0.5) is 17.3 Å². The number of carbonyl (C=O) groups excluding carboxylic acids is 1. The van der Waals surface area contributed by atoms with Gasteiger partial charge in [0.25, 0.3) is 5.91 Å². The maximum atomic E-state index is 12.8. The monoisotopic (exact) mass is 376 g/mol. The number of rotatable bonds is 6. The fourth-order valence-corrected chi connectivity index (χ4v) is 2.96. The van der Waals surface area contributed by atoms with Crippen LogP contribution in [0.2, 0.25) is 0 Å². The average Bonchev–Trinajstić information content (AvgIpc) is 2.68. The fraction of sp³-hybridized carbons (Fsp3) is 0.227. The first kappa shape index (κ1) is 19.4. The summed E-state index contributed by atoms with van der Waals surface area (Å²) in [4.78, 5) is 23.9. The van der Waals surface area contributed by atoms with Gasteiger partial charge in [-0.2, -0.15) is 0 Å². The molecule has 6 heteroatoms. The van der Waals surface area contributed by atoms with E-state index in [4.69, 9.17) is 4.74 Å². The standard InChI is InChI=1S/C22H24N4O2/c1-5-26(17-10-8-9-15(2)13-17)22-23-16(3)14-19(25-22)21(27)24-18-11-6-7-12-20(18)28-4/h6-14H,5H2,1-4H3,(H,24,27). The Balaban J connectivity index is 1.93. The Morgan fingerprint density at radius 2 is 1.86 bits per heavy atom. The highest BCUT2D eigenvalue weighted by Gasteiger charge is 2.17. The quantitative estimate of drug-likeness (QED) is 0.685. The second-order valence-electron chi connectivity index (χ2n) is 6.43. The van der Waals surface area contributed by atoms with Crippen molar-refractivity contribution in [1.29, 1.82) is 0 Å². The molecule has 28 heavy (non-hydrogen) atoms. The number of anilines is 3. The van der Waals surface area contributed by atoms with Crippen molar-refractivity contribution in [3.8, 4) is 5.75 Å². The number of aromatic nitrogens is 2. The third-order valence-corrected chi connectivity index (χ3v) is 4.30. The van der Waals surface area contributed by atoms with Gasteiger partial charge in [-0.25, -0.2) is 9.97 Å². The van der Waals surface area contributed by atoms with Crippen LogP contribution in [0, 0.1) is 13.8 Å². The van der Waals surface area contributed by atoms with E-state index in [-0.39, 0.29) is 5.91 Å². The van der Waals surface area contributed by atoms with Crippen molar-refractivity contribution >= 4 is 23.2 Å². The second kappa shape index (κ2) is 8.52. The minimum absolute atomic E-state index is 0.305. The molecule has 3 aromatic rings. The SMILES string of the molecule is CCN(c1cccc(C)c1)c1nc(C)cc(C(=O)Nc2ccccc2OC)n1. The number of amides is 1. The predicted molar refractivity (Wildman–Crippen MR) is 112 cm³/mol. The van der Waals surface area contributed by atoms with E-state index in [0.29, 0.717) is 29.6 Å². The maximum Gasteiger partial charge on any atom is 0.274 e. The van der Waals surface area contributed by atoms with Gasteiger partial charge in [-0.15, -0.1) is 0 Å². The molecule has 144 valence electrons. The number of nitrogens with one attached hydrogen (secondary N) is 1. The summed E-state index contributed by atoms with van der Waals surface area (Å²) in [5.41, 5.74) is 3.77. The first-order valence-corrected chi connectivity index (χ1v) is 9.16. The van der Waals surface area contributed by atoms with Crippen LogP contribution in [-0.2, 0) is 0 Å². The fourth-order valence-electron chi connectivity index (χ4n) is 2.96. The summed E-state index contributed by atoms with van der Waals surface area (Å²) in [7, 11) is 1.57. The lowest BCUT2D eigenvalue weighted by atomic mass is 10.2. The van der Waals surface area contributed by atoms with Crippen molar-refractivity contribution in [2.75, 3.05) is 23.9 Å². The lowest BCUT2D eigenvalue weighted by Crippen LogP contribution is -2.22. The van der Waals surface area contributed by atoms with E-state index in [1.165, 1.54) is 0 Å². The number of hydrogen-bond donors (Lipinski definition) is 1. The zero-order chi connectivity index (χ0) is 20.1. The molecule has 0 fully saturated rings. The summed E-state index contributed by atoms with van der Waals surface area (Å²) in [6.07, 6.45) is 0. The Morgan fingerprint density at radius 3 is 2.57 bits per heavy atom. The average molecular weight is 376 g/mol. The summed E-state index contributed by atoms with van der Waals surface area (Å²) in [6, 6.07) is 17.1. The summed E-state index contributed by atoms with van der Waals surface area (Å²) in [5, 5.41) is 2.87. The first-order valence-electron chi connectivity index (χ1n) is 9.16. The van der Waals surface area contributed by atoms with Crippen LogP contribution in [0.25, 0.3) is 0 Å². The molecule has 0 aliphatic carbocycles. The highest BCUT2D eigenvalue weighted by atomic mass is 16.5. The molecule has 0 unspecified atom stereocenters. The van der Waals surface area contributed by atoms with Crippen molar-refractivity contribution in [1.82, 2.24) is 9.97 Å². The lowest BCUT2D eigenvalue weighted by molar-refractivity contribution is 0.102. The Bertz CT molecular complexity index is 988. The lowest BCUT2D eigenvalue weighted by Gasteiger charge is -2.22. The zero-order valence-electron chi connectivity index (χ0n) is 16.6. The topological polar surface area (TPSA) is 67.4 Å². The van der Waals surface area contributed by atoms with Crippen molar-refractivity contribution in [2.45, 2.75) is 20.8 Å². The molecule has 1 N–H and O–H groups in total. The van der Waals surface area contributed by atoms with E-state index in [1.54, 1.807) is 25.3 Å². The summed E-state index contributed by atoms with van der Waals surface area (Å²) in [6.45, 7) is 6.61. The van der Waals surface area contributed by atoms with E-state index >= 15 is 0 Å². The molecule has 0 aliphatic heterocycles. The van der Waals surface area contributed by atoms with Gasteiger partial charge in [0, 0.05) is 17.9 Å². The number of ether oxygens (including phenoxy) is 1. The van der Waals surface area contributed by atoms with Gasteiger partial charge in [0.2, 0.25) is 5.95 Å². The van der Waals surface area contributed by atoms with Crippen molar-refractivity contribution in [3.05, 3.63) is 71.5 Å². The molecular formula is C22H24N4O2. The third kappa shape index (κ3) is 4.28. The summed E-state index contributed by atoms with van der Waals surface area (Å²) in [5.74, 6) is 0.784. The van der Waals surface area contributed by atoms with Gasteiger partial charge in [-0.05, 0) is 56.7 Å². The minimum Gasteiger partial charge on any atom is -0.495 e. The Labute approximate surface area is 165 Å². The highest BCUT2D eigenvalue weighted by molar-refractivity contribution is 6.04. The molecule has 1 amide bonds. The molecular weight excluding hydrogens is 352 g/mol. The Kier molecular flexibility index (Phi) is 5.89. The van der Waals surface area contributed by atoms with Gasteiger partial charge in [-0.3, -0.25) is 4.79 Å². The number of carbonyl (C=O) groups is 1. The molecule has 1 aromatic heterocycles. The molecule has 0 aliphatic rings. The van der Waals surface area contributed by atoms with Gasteiger partial charge in [0.05, 0.1) is 12.8 Å². The van der Waals surface area contributed by atoms with E-state index in [2.05, 4.69) is 21.4 Å². The van der Waals surface area contributed by atoms with Crippen LogP contribution in [0.15, 0.2) is 54.6 Å². The summed E-state index contributed by atoms with van der Waals surface area (Å²) < 4.78 is 5.30. The van der Waals surface area contributed by atoms with Gasteiger partial charge in [0.1, 0.15) is 11.4 Å². The smallest absolute Gasteiger partial charge is 0.274 e. The van der Waals surface area contributed by atoms with Crippen LogP contribution in [0.3, 0.4) is 0 Å². The van der Waals surface area contributed by atoms with Gasteiger partial charge < -0.3 is 15.0 Å². The molecule has 6 nitrogen and oxygen atoms in total. The summed E-state index contributed by atoms with van der Waals surface area (Å²) >= 11 is 0. The van der Waals surface area contributed by atoms with Crippen LogP contribution in [0.5, 0.6) is 5.75 Å². The first-order chi connectivity index (χ1) is 13.5. The zero-order valence-corrected chi connectivity index (χ0v) is 16.6. The highest BCUT2D eigenvalue weighted by Crippen LogP contribution is 2.25. The van der Waals surface area contributed by atoms with Gasteiger partial charge in [-0.1, -0.05) is 24.3 Å². The minimum atomic E-state index is -0.309. The Hall–Kier alpha value is -3.41. The maximum absolute atomic E-state index is 12.8. The largest absolute Gasteiger partial charge is 0.495 e. The van der Waals surface area contributed by atoms with Crippen LogP contribution in [-0.4, -0.2) is 29.5 Å². The van der Waals surface area contributed by atoms with Crippen molar-refractivity contribution in [3.63, 3.8) is 0 Å². The molecule has 0 saturated heterocycles.